The third-order valence-corrected chi connectivity index (χ3v) is 5.07. The maximum absolute atomic E-state index is 12.2. The Bertz CT molecular complexity index is 741. The monoisotopic (exact) mass is 332 g/mol. The highest BCUT2D eigenvalue weighted by Gasteiger charge is 2.19. The number of amides is 1. The standard InChI is InChI=1S/C16H20N4O2S/c1-16(2,3)23(22)10-11-5-4-6-12(9-11)20-15(21)13-14(17)19-8-7-18-13/h4-9H,10H2,1-3H3,(H2,17,19)(H,20,21). The molecule has 2 rings (SSSR count). The molecule has 1 unspecified atom stereocenters. The summed E-state index contributed by atoms with van der Waals surface area (Å²) >= 11 is 0. The minimum absolute atomic E-state index is 0.0787. The number of carbonyl (C=O) groups excluding carboxylic acids is 1. The summed E-state index contributed by atoms with van der Waals surface area (Å²) in [6.07, 6.45) is 2.84. The first-order chi connectivity index (χ1) is 10.8. The number of hydrogen-bond acceptors (Lipinski definition) is 5. The van der Waals surface area contributed by atoms with Gasteiger partial charge in [-0.15, -0.1) is 0 Å². The van der Waals surface area contributed by atoms with E-state index in [1.807, 2.05) is 32.9 Å². The maximum atomic E-state index is 12.2. The van der Waals surface area contributed by atoms with Crippen molar-refractivity contribution in [2.24, 2.45) is 0 Å². The molecule has 1 amide bonds. The van der Waals surface area contributed by atoms with Crippen molar-refractivity contribution in [2.45, 2.75) is 31.3 Å². The van der Waals surface area contributed by atoms with Gasteiger partial charge in [-0.2, -0.15) is 0 Å². The van der Waals surface area contributed by atoms with Gasteiger partial charge in [0.05, 0.1) is 0 Å². The largest absolute Gasteiger partial charge is 0.382 e. The first kappa shape index (κ1) is 17.1. The quantitative estimate of drug-likeness (QED) is 0.895. The summed E-state index contributed by atoms with van der Waals surface area (Å²) in [6, 6.07) is 7.25. The second-order valence-electron chi connectivity index (χ2n) is 6.05. The first-order valence-corrected chi connectivity index (χ1v) is 8.44. The molecule has 2 aromatic rings. The molecule has 1 aromatic carbocycles. The topological polar surface area (TPSA) is 98.0 Å². The van der Waals surface area contributed by atoms with Crippen LogP contribution in [-0.4, -0.2) is 24.8 Å². The Morgan fingerprint density at radius 3 is 2.61 bits per heavy atom. The summed E-state index contributed by atoms with van der Waals surface area (Å²) in [6.45, 7) is 5.81. The summed E-state index contributed by atoms with van der Waals surface area (Å²) in [5.74, 6) is 0.0835. The number of rotatable bonds is 4. The van der Waals surface area contributed by atoms with E-state index >= 15 is 0 Å². The van der Waals surface area contributed by atoms with E-state index in [2.05, 4.69) is 15.3 Å². The first-order valence-electron chi connectivity index (χ1n) is 7.12. The highest BCUT2D eigenvalue weighted by Crippen LogP contribution is 2.19. The van der Waals surface area contributed by atoms with Crippen LogP contribution >= 0.6 is 0 Å². The maximum Gasteiger partial charge on any atom is 0.278 e. The van der Waals surface area contributed by atoms with E-state index in [-0.39, 0.29) is 16.3 Å². The van der Waals surface area contributed by atoms with E-state index in [4.69, 9.17) is 5.73 Å². The van der Waals surface area contributed by atoms with E-state index < -0.39 is 16.7 Å². The van der Waals surface area contributed by atoms with Crippen LogP contribution in [0, 0.1) is 0 Å². The highest BCUT2D eigenvalue weighted by molar-refractivity contribution is 7.85. The van der Waals surface area contributed by atoms with Crippen molar-refractivity contribution >= 4 is 28.2 Å². The summed E-state index contributed by atoms with van der Waals surface area (Å²) < 4.78 is 11.9. The van der Waals surface area contributed by atoms with Gasteiger partial charge in [-0.1, -0.05) is 12.1 Å². The van der Waals surface area contributed by atoms with Crippen LogP contribution in [0.25, 0.3) is 0 Å². The lowest BCUT2D eigenvalue weighted by molar-refractivity contribution is 0.102. The van der Waals surface area contributed by atoms with Crippen molar-refractivity contribution in [3.63, 3.8) is 0 Å². The van der Waals surface area contributed by atoms with Gasteiger partial charge < -0.3 is 11.1 Å². The predicted molar refractivity (Wildman–Crippen MR) is 92.4 cm³/mol. The molecule has 0 saturated heterocycles. The van der Waals surface area contributed by atoms with E-state index in [1.165, 1.54) is 12.4 Å². The van der Waals surface area contributed by atoms with E-state index in [1.54, 1.807) is 12.1 Å². The molecule has 0 saturated carbocycles. The molecule has 0 fully saturated rings. The molecule has 23 heavy (non-hydrogen) atoms. The summed E-state index contributed by atoms with van der Waals surface area (Å²) in [5, 5.41) is 2.73. The Hall–Kier alpha value is -2.28. The second kappa shape index (κ2) is 6.87. The lowest BCUT2D eigenvalue weighted by atomic mass is 10.2. The van der Waals surface area contributed by atoms with Gasteiger partial charge in [0.2, 0.25) is 0 Å². The molecule has 0 aliphatic heterocycles. The van der Waals surface area contributed by atoms with Gasteiger partial charge in [-0.25, -0.2) is 9.97 Å². The molecule has 1 aromatic heterocycles. The number of nitrogen functional groups attached to an aromatic ring is 1. The molecule has 0 aliphatic carbocycles. The van der Waals surface area contributed by atoms with Crippen LogP contribution in [0.15, 0.2) is 36.7 Å². The second-order valence-corrected chi connectivity index (χ2v) is 8.25. The molecular weight excluding hydrogens is 312 g/mol. The molecule has 122 valence electrons. The van der Waals surface area contributed by atoms with Gasteiger partial charge in [-0.3, -0.25) is 9.00 Å². The lowest BCUT2D eigenvalue weighted by Gasteiger charge is -2.18. The van der Waals surface area contributed by atoms with Crippen molar-refractivity contribution < 1.29 is 9.00 Å². The van der Waals surface area contributed by atoms with Gasteiger partial charge in [0, 0.05) is 39.4 Å². The Kier molecular flexibility index (Phi) is 5.10. The molecule has 7 heteroatoms. The van der Waals surface area contributed by atoms with Crippen molar-refractivity contribution in [1.29, 1.82) is 0 Å². The van der Waals surface area contributed by atoms with Crippen LogP contribution in [0.4, 0.5) is 11.5 Å². The Labute approximate surface area is 138 Å². The Morgan fingerprint density at radius 2 is 1.96 bits per heavy atom. The predicted octanol–water partition coefficient (Wildman–Crippen LogP) is 2.36. The smallest absolute Gasteiger partial charge is 0.278 e. The fourth-order valence-corrected chi connectivity index (χ4v) is 2.74. The lowest BCUT2D eigenvalue weighted by Crippen LogP contribution is -2.23. The number of aromatic nitrogens is 2. The summed E-state index contributed by atoms with van der Waals surface area (Å²) in [5.41, 5.74) is 7.22. The average Bonchev–Trinajstić information content (AvgIpc) is 2.47. The van der Waals surface area contributed by atoms with Gasteiger partial charge >= 0.3 is 0 Å². The normalized spacial score (nSPS) is 12.7. The van der Waals surface area contributed by atoms with Crippen LogP contribution in [0.3, 0.4) is 0 Å². The van der Waals surface area contributed by atoms with Crippen molar-refractivity contribution in [3.8, 4) is 0 Å². The fraction of sp³-hybridized carbons (Fsp3) is 0.312. The van der Waals surface area contributed by atoms with Gasteiger partial charge in [0.15, 0.2) is 11.5 Å². The third-order valence-electron chi connectivity index (χ3n) is 3.11. The van der Waals surface area contributed by atoms with E-state index in [9.17, 15) is 9.00 Å². The third kappa shape index (κ3) is 4.59. The van der Waals surface area contributed by atoms with Gasteiger partial charge in [-0.05, 0) is 38.5 Å². The molecule has 6 nitrogen and oxygen atoms in total. The van der Waals surface area contributed by atoms with E-state index in [0.717, 1.165) is 5.56 Å². The molecule has 0 spiro atoms. The molecule has 0 radical (unpaired) electrons. The minimum atomic E-state index is -1.00. The van der Waals surface area contributed by atoms with Crippen LogP contribution < -0.4 is 11.1 Å². The number of nitrogens with one attached hydrogen (secondary N) is 1. The number of anilines is 2. The summed E-state index contributed by atoms with van der Waals surface area (Å²) in [4.78, 5) is 19.9. The van der Waals surface area contributed by atoms with Crippen molar-refractivity contribution in [2.75, 3.05) is 11.1 Å². The number of nitrogens with zero attached hydrogens (tertiary/aromatic N) is 2. The fourth-order valence-electron chi connectivity index (χ4n) is 1.82. The van der Waals surface area contributed by atoms with Crippen LogP contribution in [0.5, 0.6) is 0 Å². The summed E-state index contributed by atoms with van der Waals surface area (Å²) in [7, 11) is -1.00. The molecule has 0 bridgehead atoms. The minimum Gasteiger partial charge on any atom is -0.382 e. The van der Waals surface area contributed by atoms with Crippen molar-refractivity contribution in [3.05, 3.63) is 47.9 Å². The number of benzene rings is 1. The Morgan fingerprint density at radius 1 is 1.26 bits per heavy atom. The number of carbonyl (C=O) groups is 1. The van der Waals surface area contributed by atoms with Crippen LogP contribution in [0.2, 0.25) is 0 Å². The zero-order valence-electron chi connectivity index (χ0n) is 13.4. The van der Waals surface area contributed by atoms with Gasteiger partial charge in [0.25, 0.3) is 5.91 Å². The Balaban J connectivity index is 2.13. The molecule has 3 N–H and O–H groups in total. The zero-order valence-corrected chi connectivity index (χ0v) is 14.2. The number of nitrogens with two attached hydrogens (primary N) is 1. The van der Waals surface area contributed by atoms with Crippen LogP contribution in [-0.2, 0) is 16.6 Å². The van der Waals surface area contributed by atoms with E-state index in [0.29, 0.717) is 11.4 Å². The molecule has 0 aliphatic rings. The molecular formula is C16H20N4O2S. The molecule has 1 heterocycles. The van der Waals surface area contributed by atoms with Crippen molar-refractivity contribution in [1.82, 2.24) is 9.97 Å². The number of hydrogen-bond donors (Lipinski definition) is 2. The SMILES string of the molecule is CC(C)(C)S(=O)Cc1cccc(NC(=O)c2nccnc2N)c1. The van der Waals surface area contributed by atoms with Gasteiger partial charge in [0.1, 0.15) is 0 Å². The zero-order chi connectivity index (χ0) is 17.0. The molecule has 1 atom stereocenters. The highest BCUT2D eigenvalue weighted by atomic mass is 32.2. The average molecular weight is 332 g/mol. The van der Waals surface area contributed by atoms with Crippen LogP contribution in [0.1, 0.15) is 36.8 Å².